The molecule has 0 fully saturated rings. The van der Waals surface area contributed by atoms with Gasteiger partial charge in [-0.2, -0.15) is 26.3 Å². The minimum atomic E-state index is -5.01. The third-order valence-corrected chi connectivity index (χ3v) is 4.44. The molecule has 0 unspecified atom stereocenters. The summed E-state index contributed by atoms with van der Waals surface area (Å²) in [7, 11) is 0. The summed E-state index contributed by atoms with van der Waals surface area (Å²) in [5, 5.41) is 17.6. The van der Waals surface area contributed by atoms with Crippen LogP contribution in [-0.4, -0.2) is 22.2 Å². The fourth-order valence-corrected chi connectivity index (χ4v) is 3.14. The first-order valence-corrected chi connectivity index (χ1v) is 7.69. The standard InChI is InChI=1S/C16H8F6O4S/c17-15(18,19)9-5-7(13(23)24)1-3-11(9)27-12-4-2-8(14(25)26)6-10(12)16(20,21)22/h1-6H,(H,23,24)(H,25,26). The van der Waals surface area contributed by atoms with E-state index in [-0.39, 0.29) is 11.8 Å². The summed E-state index contributed by atoms with van der Waals surface area (Å²) in [6, 6.07) is 3.81. The second-order valence-corrected chi connectivity index (χ2v) is 6.21. The van der Waals surface area contributed by atoms with Crippen molar-refractivity contribution in [2.24, 2.45) is 0 Å². The molecule has 4 nitrogen and oxygen atoms in total. The molecule has 2 N–H and O–H groups in total. The topological polar surface area (TPSA) is 74.6 Å². The molecule has 0 spiro atoms. The highest BCUT2D eigenvalue weighted by atomic mass is 32.2. The minimum Gasteiger partial charge on any atom is -0.478 e. The maximum atomic E-state index is 13.2. The van der Waals surface area contributed by atoms with E-state index in [1.54, 1.807) is 0 Å². The van der Waals surface area contributed by atoms with Crippen LogP contribution < -0.4 is 0 Å². The van der Waals surface area contributed by atoms with Gasteiger partial charge in [-0.05, 0) is 36.4 Å². The van der Waals surface area contributed by atoms with Crippen LogP contribution >= 0.6 is 11.8 Å². The quantitative estimate of drug-likeness (QED) is 0.672. The Bertz CT molecular complexity index is 831. The molecule has 0 aliphatic rings. The lowest BCUT2D eigenvalue weighted by atomic mass is 10.1. The van der Waals surface area contributed by atoms with E-state index in [2.05, 4.69) is 0 Å². The molecule has 11 heteroatoms. The smallest absolute Gasteiger partial charge is 0.417 e. The van der Waals surface area contributed by atoms with E-state index in [1.165, 1.54) is 0 Å². The second kappa shape index (κ2) is 7.14. The monoisotopic (exact) mass is 410 g/mol. The summed E-state index contributed by atoms with van der Waals surface area (Å²) >= 11 is 0.110. The summed E-state index contributed by atoms with van der Waals surface area (Å²) < 4.78 is 79.2. The molecule has 0 heterocycles. The number of rotatable bonds is 4. The van der Waals surface area contributed by atoms with Crippen LogP contribution in [0.5, 0.6) is 0 Å². The Morgan fingerprint density at radius 2 is 1.04 bits per heavy atom. The van der Waals surface area contributed by atoms with Crippen molar-refractivity contribution in [3.8, 4) is 0 Å². The van der Waals surface area contributed by atoms with Gasteiger partial charge in [-0.1, -0.05) is 11.8 Å². The van der Waals surface area contributed by atoms with Crippen molar-refractivity contribution in [1.29, 1.82) is 0 Å². The molecule has 2 aromatic rings. The number of hydrogen-bond donors (Lipinski definition) is 2. The molecule has 27 heavy (non-hydrogen) atoms. The van der Waals surface area contributed by atoms with E-state index in [0.717, 1.165) is 24.3 Å². The zero-order valence-corrected chi connectivity index (χ0v) is 13.7. The number of aromatic carboxylic acids is 2. The van der Waals surface area contributed by atoms with Gasteiger partial charge in [0.25, 0.3) is 0 Å². The van der Waals surface area contributed by atoms with Crippen molar-refractivity contribution in [2.75, 3.05) is 0 Å². The molecule has 2 aromatic carbocycles. The van der Waals surface area contributed by atoms with E-state index >= 15 is 0 Å². The number of carboxylic acids is 2. The highest BCUT2D eigenvalue weighted by Crippen LogP contribution is 2.44. The van der Waals surface area contributed by atoms with Crippen LogP contribution in [0.15, 0.2) is 46.2 Å². The fourth-order valence-electron chi connectivity index (χ4n) is 2.07. The number of benzene rings is 2. The van der Waals surface area contributed by atoms with E-state index in [1.807, 2.05) is 0 Å². The molecule has 0 saturated heterocycles. The summed E-state index contributed by atoms with van der Waals surface area (Å²) in [5.41, 5.74) is -4.18. The van der Waals surface area contributed by atoms with Gasteiger partial charge in [-0.3, -0.25) is 0 Å². The Balaban J connectivity index is 2.60. The number of hydrogen-bond acceptors (Lipinski definition) is 3. The third kappa shape index (κ3) is 4.73. The average Bonchev–Trinajstić information content (AvgIpc) is 2.53. The minimum absolute atomic E-state index is 0.110. The molecule has 0 aliphatic heterocycles. The van der Waals surface area contributed by atoms with Crippen LogP contribution in [0.2, 0.25) is 0 Å². The van der Waals surface area contributed by atoms with Crippen LogP contribution in [0.4, 0.5) is 26.3 Å². The van der Waals surface area contributed by atoms with Gasteiger partial charge in [0.15, 0.2) is 0 Å². The van der Waals surface area contributed by atoms with Crippen molar-refractivity contribution in [3.63, 3.8) is 0 Å². The molecular weight excluding hydrogens is 402 g/mol. The van der Waals surface area contributed by atoms with Gasteiger partial charge in [0.2, 0.25) is 0 Å². The predicted octanol–water partition coefficient (Wildman–Crippen LogP) is 5.27. The predicted molar refractivity (Wildman–Crippen MR) is 80.9 cm³/mol. The summed E-state index contributed by atoms with van der Waals surface area (Å²) in [6.07, 6.45) is -10.0. The molecule has 0 saturated carbocycles. The van der Waals surface area contributed by atoms with Crippen molar-refractivity contribution >= 4 is 23.7 Å². The molecule has 0 bridgehead atoms. The second-order valence-electron chi connectivity index (χ2n) is 5.13. The normalized spacial score (nSPS) is 12.1. The van der Waals surface area contributed by atoms with Crippen molar-refractivity contribution < 1.29 is 46.1 Å². The van der Waals surface area contributed by atoms with E-state index in [9.17, 15) is 35.9 Å². The number of carbonyl (C=O) groups is 2. The maximum absolute atomic E-state index is 13.2. The Morgan fingerprint density at radius 1 is 0.704 bits per heavy atom. The molecule has 0 radical (unpaired) electrons. The molecule has 0 aliphatic carbocycles. The lowest BCUT2D eigenvalue weighted by Gasteiger charge is -2.16. The molecule has 0 amide bonds. The SMILES string of the molecule is O=C(O)c1ccc(Sc2ccc(C(=O)O)cc2C(F)(F)F)c(C(F)(F)F)c1. The first-order valence-electron chi connectivity index (χ1n) is 6.87. The van der Waals surface area contributed by atoms with E-state index < -0.39 is 56.3 Å². The lowest BCUT2D eigenvalue weighted by Crippen LogP contribution is -2.11. The average molecular weight is 410 g/mol. The lowest BCUT2D eigenvalue weighted by molar-refractivity contribution is -0.140. The fraction of sp³-hybridized carbons (Fsp3) is 0.125. The van der Waals surface area contributed by atoms with Gasteiger partial charge in [0, 0.05) is 9.79 Å². The number of halogens is 6. The largest absolute Gasteiger partial charge is 0.478 e. The highest BCUT2D eigenvalue weighted by molar-refractivity contribution is 7.99. The molecule has 144 valence electrons. The van der Waals surface area contributed by atoms with Gasteiger partial charge in [0.1, 0.15) is 0 Å². The Morgan fingerprint density at radius 3 is 1.30 bits per heavy atom. The first kappa shape index (κ1) is 20.6. The van der Waals surface area contributed by atoms with Crippen LogP contribution in [0.25, 0.3) is 0 Å². The zero-order chi connectivity index (χ0) is 20.6. The Kier molecular flexibility index (Phi) is 5.45. The van der Waals surface area contributed by atoms with Gasteiger partial charge in [0.05, 0.1) is 22.3 Å². The van der Waals surface area contributed by atoms with Crippen molar-refractivity contribution in [3.05, 3.63) is 58.7 Å². The highest BCUT2D eigenvalue weighted by Gasteiger charge is 2.37. The summed E-state index contributed by atoms with van der Waals surface area (Å²) in [6.45, 7) is 0. The number of alkyl halides is 6. The Labute approximate surface area is 151 Å². The summed E-state index contributed by atoms with van der Waals surface area (Å²) in [4.78, 5) is 20.4. The van der Waals surface area contributed by atoms with E-state index in [4.69, 9.17) is 10.2 Å². The molecular formula is C16H8F6O4S. The van der Waals surface area contributed by atoms with E-state index in [0.29, 0.717) is 12.1 Å². The van der Waals surface area contributed by atoms with Crippen LogP contribution in [0, 0.1) is 0 Å². The number of carboxylic acid groups (broad SMARTS) is 2. The zero-order valence-electron chi connectivity index (χ0n) is 12.9. The van der Waals surface area contributed by atoms with Gasteiger partial charge < -0.3 is 10.2 Å². The van der Waals surface area contributed by atoms with Crippen molar-refractivity contribution in [2.45, 2.75) is 22.1 Å². The van der Waals surface area contributed by atoms with Crippen molar-refractivity contribution in [1.82, 2.24) is 0 Å². The van der Waals surface area contributed by atoms with Gasteiger partial charge >= 0.3 is 24.3 Å². The van der Waals surface area contributed by atoms with Crippen LogP contribution in [0.1, 0.15) is 31.8 Å². The third-order valence-electron chi connectivity index (χ3n) is 3.28. The molecule has 0 aromatic heterocycles. The van der Waals surface area contributed by atoms with Gasteiger partial charge in [-0.25, -0.2) is 9.59 Å². The van der Waals surface area contributed by atoms with Crippen LogP contribution in [0.3, 0.4) is 0 Å². The Hall–Kier alpha value is -2.69. The van der Waals surface area contributed by atoms with Gasteiger partial charge in [-0.15, -0.1) is 0 Å². The molecule has 0 atom stereocenters. The molecule has 2 rings (SSSR count). The summed E-state index contributed by atoms with van der Waals surface area (Å²) in [5.74, 6) is -3.25. The maximum Gasteiger partial charge on any atom is 0.417 e. The van der Waals surface area contributed by atoms with Crippen LogP contribution in [-0.2, 0) is 12.4 Å². The first-order chi connectivity index (χ1) is 12.3.